The van der Waals surface area contributed by atoms with Gasteiger partial charge in [0.2, 0.25) is 0 Å². The molecule has 0 spiro atoms. The molecule has 0 saturated carbocycles. The Bertz CT molecular complexity index is 499. The van der Waals surface area contributed by atoms with E-state index in [1.807, 2.05) is 0 Å². The molecule has 24 heavy (non-hydrogen) atoms. The van der Waals surface area contributed by atoms with Gasteiger partial charge >= 0.3 is 0 Å². The predicted molar refractivity (Wildman–Crippen MR) is 91.5 cm³/mol. The summed E-state index contributed by atoms with van der Waals surface area (Å²) in [5.74, 6) is 0. The van der Waals surface area contributed by atoms with Crippen molar-refractivity contribution in [2.75, 3.05) is 13.1 Å². The molecule has 0 N–H and O–H groups in total. The first-order valence-corrected chi connectivity index (χ1v) is 8.18. The number of hydrogen-bond donors (Lipinski definition) is 0. The van der Waals surface area contributed by atoms with E-state index < -0.39 is 0 Å². The van der Waals surface area contributed by atoms with Gasteiger partial charge in [0.1, 0.15) is 0 Å². The first-order valence-electron chi connectivity index (χ1n) is 8.18. The summed E-state index contributed by atoms with van der Waals surface area (Å²) in [6.07, 6.45) is 3.50. The molecule has 0 amide bonds. The van der Waals surface area contributed by atoms with E-state index in [2.05, 4.69) is 79.4 Å². The molecule has 1 atom stereocenters. The Balaban J connectivity index is 0. The Morgan fingerprint density at radius 2 is 1.17 bits per heavy atom. The van der Waals surface area contributed by atoms with Crippen molar-refractivity contribution >= 4 is 0 Å². The van der Waals surface area contributed by atoms with Crippen molar-refractivity contribution in [3.63, 3.8) is 0 Å². The van der Waals surface area contributed by atoms with Gasteiger partial charge in [-0.2, -0.15) is 0 Å². The van der Waals surface area contributed by atoms with Crippen molar-refractivity contribution in [2.24, 2.45) is 0 Å². The van der Waals surface area contributed by atoms with E-state index in [0.717, 1.165) is 6.42 Å². The first-order chi connectivity index (χ1) is 10.3. The molecule has 0 aliphatic rings. The summed E-state index contributed by atoms with van der Waals surface area (Å²) in [7, 11) is 0. The number of nitrogens with zero attached hydrogens (tertiary/aromatic N) is 1. The maximum Gasteiger partial charge on any atom is 0.0388 e. The quantitative estimate of drug-likeness (QED) is 0.445. The molecule has 1 nitrogen and oxygen atoms in total. The minimum absolute atomic E-state index is 0. The Morgan fingerprint density at radius 1 is 0.708 bits per heavy atom. The predicted octanol–water partition coefficient (Wildman–Crippen LogP) is 5.08. The maximum atomic E-state index is 2.64. The van der Waals surface area contributed by atoms with E-state index in [4.69, 9.17) is 0 Å². The summed E-state index contributed by atoms with van der Waals surface area (Å²) in [5.41, 5.74) is 2.85. The molecule has 0 saturated heterocycles. The molecule has 0 bridgehead atoms. The molecule has 0 heterocycles. The molecule has 0 fully saturated rings. The van der Waals surface area contributed by atoms with Gasteiger partial charge in [0.15, 0.2) is 0 Å². The molecule has 2 aromatic carbocycles. The van der Waals surface area contributed by atoms with Crippen molar-refractivity contribution < 1.29 is 98.1 Å². The van der Waals surface area contributed by atoms with Crippen molar-refractivity contribution in [1.29, 1.82) is 0 Å². The first kappa shape index (κ1) is 27.9. The van der Waals surface area contributed by atoms with Gasteiger partial charge < -0.3 is 0 Å². The van der Waals surface area contributed by atoms with Crippen molar-refractivity contribution in [3.05, 3.63) is 71.8 Å². The van der Waals surface area contributed by atoms with E-state index in [1.54, 1.807) is 0 Å². The minimum Gasteiger partial charge on any atom is -0.296 e. The summed E-state index contributed by atoms with van der Waals surface area (Å²) in [6.45, 7) is 6.88. The van der Waals surface area contributed by atoms with Crippen LogP contribution < -0.4 is 0 Å². The van der Waals surface area contributed by atoms with Crippen LogP contribution in [-0.4, -0.2) is 18.0 Å². The second kappa shape index (κ2) is 16.9. The van der Waals surface area contributed by atoms with Crippen molar-refractivity contribution in [3.8, 4) is 0 Å². The molecular weight excluding hydrogens is 521 g/mol. The van der Waals surface area contributed by atoms with Gasteiger partial charge in [-0.1, -0.05) is 74.5 Å². The monoisotopic (exact) mass is 548 g/mol. The van der Waals surface area contributed by atoms with E-state index >= 15 is 0 Å². The van der Waals surface area contributed by atoms with Crippen molar-refractivity contribution in [1.82, 2.24) is 4.90 Å². The molecule has 2 aromatic rings. The Kier molecular flexibility index (Phi) is 19.6. The normalized spacial score (nSPS) is 11.0. The zero-order valence-electron chi connectivity index (χ0n) is 15.1. The average molecular weight is 548 g/mol. The van der Waals surface area contributed by atoms with Gasteiger partial charge in [-0.3, -0.25) is 4.90 Å². The number of rotatable bonds is 8. The fourth-order valence-electron chi connectivity index (χ4n) is 2.97. The zero-order valence-corrected chi connectivity index (χ0v) is 23.6. The fraction of sp³-hybridized carbons (Fsp3) is 0.400. The molecule has 0 aliphatic heterocycles. The van der Waals surface area contributed by atoms with E-state index in [9.17, 15) is 0 Å². The zero-order chi connectivity index (χ0) is 14.9. The third-order valence-electron chi connectivity index (χ3n) is 3.92. The van der Waals surface area contributed by atoms with Crippen LogP contribution in [-0.2, 0) is 105 Å². The van der Waals surface area contributed by atoms with E-state index in [1.165, 1.54) is 37.1 Å². The SMILES string of the molecule is CCCN(CCC)C(Cc1ccccc1)c1ccccc1.[Y].[Y].[Y]. The number of benzene rings is 2. The van der Waals surface area contributed by atoms with Crippen LogP contribution in [0.5, 0.6) is 0 Å². The molecule has 4 heteroatoms. The van der Waals surface area contributed by atoms with Crippen LogP contribution in [0.1, 0.15) is 43.9 Å². The fourth-order valence-corrected chi connectivity index (χ4v) is 2.97. The molecule has 1 unspecified atom stereocenters. The smallest absolute Gasteiger partial charge is 0.0388 e. The van der Waals surface area contributed by atoms with Gasteiger partial charge in [0.25, 0.3) is 0 Å². The number of hydrogen-bond acceptors (Lipinski definition) is 1. The summed E-state index contributed by atoms with van der Waals surface area (Å²) in [5, 5.41) is 0. The van der Waals surface area contributed by atoms with E-state index in [-0.39, 0.29) is 98.1 Å². The van der Waals surface area contributed by atoms with Crippen LogP contribution in [0, 0.1) is 0 Å². The topological polar surface area (TPSA) is 3.24 Å². The summed E-state index contributed by atoms with van der Waals surface area (Å²) >= 11 is 0. The van der Waals surface area contributed by atoms with Gasteiger partial charge in [-0.05, 0) is 43.5 Å². The minimum atomic E-state index is 0. The Labute approximate surface area is 223 Å². The Hall–Kier alpha value is 1.71. The third kappa shape index (κ3) is 9.59. The molecular formula is C20H27NY3. The van der Waals surface area contributed by atoms with Crippen LogP contribution in [0.15, 0.2) is 60.7 Å². The largest absolute Gasteiger partial charge is 0.296 e. The van der Waals surface area contributed by atoms with Gasteiger partial charge in [0, 0.05) is 104 Å². The second-order valence-corrected chi connectivity index (χ2v) is 5.65. The van der Waals surface area contributed by atoms with Crippen LogP contribution in [0.4, 0.5) is 0 Å². The van der Waals surface area contributed by atoms with E-state index in [0.29, 0.717) is 6.04 Å². The molecule has 2 rings (SSSR count). The second-order valence-electron chi connectivity index (χ2n) is 5.65. The standard InChI is InChI=1S/C20H27N.3Y/c1-3-15-21(16-4-2)20(19-13-9-6-10-14-19)17-18-11-7-5-8-12-18;;;/h5-14,20H,3-4,15-17H2,1-2H3;;;. The molecule has 0 aliphatic carbocycles. The van der Waals surface area contributed by atoms with Crippen molar-refractivity contribution in [2.45, 2.75) is 39.2 Å². The molecule has 0 aromatic heterocycles. The van der Waals surface area contributed by atoms with Gasteiger partial charge in [0.05, 0.1) is 0 Å². The van der Waals surface area contributed by atoms with Crippen LogP contribution >= 0.6 is 0 Å². The van der Waals surface area contributed by atoms with Crippen LogP contribution in [0.2, 0.25) is 0 Å². The Morgan fingerprint density at radius 3 is 1.62 bits per heavy atom. The van der Waals surface area contributed by atoms with Gasteiger partial charge in [-0.15, -0.1) is 0 Å². The molecule has 3 radical (unpaired) electrons. The average Bonchev–Trinajstić information content (AvgIpc) is 2.54. The van der Waals surface area contributed by atoms with Crippen LogP contribution in [0.25, 0.3) is 0 Å². The third-order valence-corrected chi connectivity index (χ3v) is 3.92. The summed E-state index contributed by atoms with van der Waals surface area (Å²) in [6, 6.07) is 22.3. The summed E-state index contributed by atoms with van der Waals surface area (Å²) in [4.78, 5) is 2.64. The molecule has 121 valence electrons. The summed E-state index contributed by atoms with van der Waals surface area (Å²) < 4.78 is 0. The van der Waals surface area contributed by atoms with Gasteiger partial charge in [-0.25, -0.2) is 0 Å². The van der Waals surface area contributed by atoms with Crippen LogP contribution in [0.3, 0.4) is 0 Å². The maximum absolute atomic E-state index is 2.64.